The summed E-state index contributed by atoms with van der Waals surface area (Å²) in [6.07, 6.45) is 0. The van der Waals surface area contributed by atoms with Crippen molar-refractivity contribution in [3.63, 3.8) is 0 Å². The van der Waals surface area contributed by atoms with E-state index in [-0.39, 0.29) is 5.56 Å². The van der Waals surface area contributed by atoms with Crippen LogP contribution in [-0.4, -0.2) is 54.2 Å². The number of hydrogen-bond donors (Lipinski definition) is 0. The van der Waals surface area contributed by atoms with Gasteiger partial charge in [-0.05, 0) is 23.3 Å². The van der Waals surface area contributed by atoms with Crippen LogP contribution in [0.4, 0.5) is 0 Å². The normalized spacial score (nSPS) is 14.6. The molecule has 36 heavy (non-hydrogen) atoms. The summed E-state index contributed by atoms with van der Waals surface area (Å²) in [5.41, 5.74) is 3.20. The van der Waals surface area contributed by atoms with Crippen LogP contribution < -0.4 is 10.3 Å². The number of nitriles is 1. The number of piperazine rings is 1. The van der Waals surface area contributed by atoms with E-state index in [1.807, 2.05) is 54.6 Å². The van der Waals surface area contributed by atoms with Crippen molar-refractivity contribution in [2.24, 2.45) is 0 Å². The van der Waals surface area contributed by atoms with Gasteiger partial charge < -0.3 is 4.74 Å². The summed E-state index contributed by atoms with van der Waals surface area (Å²) in [7, 11) is 1.60. The maximum Gasteiger partial charge on any atom is 0.259 e. The van der Waals surface area contributed by atoms with Crippen LogP contribution in [0.1, 0.15) is 11.3 Å². The van der Waals surface area contributed by atoms with Gasteiger partial charge in [0.15, 0.2) is 0 Å². The number of nitrogens with zero attached hydrogens (tertiary/aromatic N) is 4. The van der Waals surface area contributed by atoms with Gasteiger partial charge in [-0.3, -0.25) is 19.2 Å². The zero-order valence-corrected chi connectivity index (χ0v) is 20.6. The van der Waals surface area contributed by atoms with E-state index in [2.05, 4.69) is 40.1 Å². The lowest BCUT2D eigenvalue weighted by atomic mass is 9.96. The van der Waals surface area contributed by atoms with E-state index in [9.17, 15) is 10.1 Å². The van der Waals surface area contributed by atoms with Crippen LogP contribution in [0.3, 0.4) is 0 Å². The van der Waals surface area contributed by atoms with E-state index in [0.29, 0.717) is 28.8 Å². The third kappa shape index (κ3) is 4.76. The highest BCUT2D eigenvalue weighted by Crippen LogP contribution is 2.36. The molecule has 0 aliphatic carbocycles. The third-order valence-electron chi connectivity index (χ3n) is 7.00. The molecule has 0 N–H and O–H groups in total. The van der Waals surface area contributed by atoms with Crippen LogP contribution in [0.5, 0.6) is 5.75 Å². The van der Waals surface area contributed by atoms with E-state index < -0.39 is 0 Å². The van der Waals surface area contributed by atoms with Crippen LogP contribution in [0.2, 0.25) is 0 Å². The van der Waals surface area contributed by atoms with Crippen LogP contribution in [-0.2, 0) is 13.1 Å². The molecule has 6 heteroatoms. The summed E-state index contributed by atoms with van der Waals surface area (Å²) >= 11 is 0. The van der Waals surface area contributed by atoms with Gasteiger partial charge in [-0.2, -0.15) is 5.26 Å². The quantitative estimate of drug-likeness (QED) is 0.395. The molecule has 1 aliphatic rings. The summed E-state index contributed by atoms with van der Waals surface area (Å²) < 4.78 is 7.27. The minimum Gasteiger partial charge on any atom is -0.496 e. The Morgan fingerprint density at radius 3 is 2.17 bits per heavy atom. The van der Waals surface area contributed by atoms with Crippen molar-refractivity contribution in [1.29, 1.82) is 5.26 Å². The Morgan fingerprint density at radius 1 is 0.833 bits per heavy atom. The Kier molecular flexibility index (Phi) is 7.13. The topological polar surface area (TPSA) is 61.5 Å². The van der Waals surface area contributed by atoms with Gasteiger partial charge in [0.05, 0.1) is 12.5 Å². The Hall–Kier alpha value is -3.92. The fourth-order valence-electron chi connectivity index (χ4n) is 5.11. The number of pyridine rings is 1. The van der Waals surface area contributed by atoms with Crippen LogP contribution >= 0.6 is 0 Å². The lowest BCUT2D eigenvalue weighted by Gasteiger charge is -2.35. The minimum absolute atomic E-state index is 0.150. The summed E-state index contributed by atoms with van der Waals surface area (Å²) in [6, 6.07) is 28.2. The second kappa shape index (κ2) is 10.8. The molecule has 5 rings (SSSR count). The molecular formula is C30H30N4O2. The van der Waals surface area contributed by atoms with Gasteiger partial charge in [0, 0.05) is 56.8 Å². The number of benzene rings is 3. The fourth-order valence-corrected chi connectivity index (χ4v) is 5.11. The van der Waals surface area contributed by atoms with Crippen molar-refractivity contribution >= 4 is 10.8 Å². The number of methoxy groups -OCH3 is 1. The first-order valence-corrected chi connectivity index (χ1v) is 12.4. The van der Waals surface area contributed by atoms with Crippen molar-refractivity contribution in [2.75, 3.05) is 39.8 Å². The van der Waals surface area contributed by atoms with Gasteiger partial charge in [-0.1, -0.05) is 66.7 Å². The number of fused-ring (bicyclic) bond motifs is 1. The predicted octanol–water partition coefficient (Wildman–Crippen LogP) is 4.37. The van der Waals surface area contributed by atoms with Crippen LogP contribution in [0.25, 0.3) is 21.9 Å². The van der Waals surface area contributed by atoms with Crippen molar-refractivity contribution in [3.8, 4) is 22.9 Å². The molecule has 6 nitrogen and oxygen atoms in total. The predicted molar refractivity (Wildman–Crippen MR) is 143 cm³/mol. The summed E-state index contributed by atoms with van der Waals surface area (Å²) in [5, 5.41) is 11.5. The molecule has 2 heterocycles. The molecule has 0 bridgehead atoms. The van der Waals surface area contributed by atoms with Crippen molar-refractivity contribution in [2.45, 2.75) is 13.1 Å². The van der Waals surface area contributed by atoms with Gasteiger partial charge >= 0.3 is 0 Å². The zero-order valence-electron chi connectivity index (χ0n) is 20.6. The second-order valence-electron chi connectivity index (χ2n) is 9.14. The maximum atomic E-state index is 13.6. The molecule has 3 aromatic carbocycles. The second-order valence-corrected chi connectivity index (χ2v) is 9.14. The number of aromatic nitrogens is 1. The SMILES string of the molecule is COc1cccc2c(=O)n(CCN3CCN(Cc4ccccc4)CC3)c(C#N)c(-c3ccccc3)c12. The van der Waals surface area contributed by atoms with Crippen LogP contribution in [0.15, 0.2) is 83.7 Å². The lowest BCUT2D eigenvalue weighted by molar-refractivity contribution is 0.124. The monoisotopic (exact) mass is 478 g/mol. The Balaban J connectivity index is 1.42. The average molecular weight is 479 g/mol. The standard InChI is InChI=1S/C30H30N4O2/c1-36-27-14-8-13-25-29(27)28(24-11-6-3-7-12-24)26(21-31)34(30(25)35)20-19-32-15-17-33(18-16-32)22-23-9-4-2-5-10-23/h2-14H,15-20,22H2,1H3. The molecule has 0 spiro atoms. The molecule has 1 saturated heterocycles. The number of ether oxygens (including phenoxy) is 1. The molecule has 0 amide bonds. The molecular weight excluding hydrogens is 448 g/mol. The Bertz CT molecular complexity index is 1430. The lowest BCUT2D eigenvalue weighted by Crippen LogP contribution is -2.47. The smallest absolute Gasteiger partial charge is 0.259 e. The number of rotatable bonds is 7. The van der Waals surface area contributed by atoms with E-state index in [1.54, 1.807) is 11.7 Å². The molecule has 182 valence electrons. The first-order chi connectivity index (χ1) is 17.7. The highest BCUT2D eigenvalue weighted by Gasteiger charge is 2.22. The van der Waals surface area contributed by atoms with E-state index in [1.165, 1.54) is 5.56 Å². The third-order valence-corrected chi connectivity index (χ3v) is 7.00. The van der Waals surface area contributed by atoms with Gasteiger partial charge in [0.1, 0.15) is 17.5 Å². The highest BCUT2D eigenvalue weighted by atomic mass is 16.5. The van der Waals surface area contributed by atoms with Gasteiger partial charge in [0.2, 0.25) is 0 Å². The average Bonchev–Trinajstić information content (AvgIpc) is 2.94. The number of hydrogen-bond acceptors (Lipinski definition) is 5. The molecule has 0 unspecified atom stereocenters. The zero-order chi connectivity index (χ0) is 24.9. The summed E-state index contributed by atoms with van der Waals surface area (Å²) in [5.74, 6) is 0.599. The van der Waals surface area contributed by atoms with E-state index >= 15 is 0 Å². The molecule has 0 saturated carbocycles. The summed E-state index contributed by atoms with van der Waals surface area (Å²) in [4.78, 5) is 18.5. The fraction of sp³-hybridized carbons (Fsp3) is 0.267. The van der Waals surface area contributed by atoms with Crippen LogP contribution in [0, 0.1) is 11.3 Å². The van der Waals surface area contributed by atoms with E-state index in [4.69, 9.17) is 4.74 Å². The molecule has 1 aliphatic heterocycles. The molecule has 0 radical (unpaired) electrons. The Labute approximate surface area is 211 Å². The molecule has 0 atom stereocenters. The van der Waals surface area contributed by atoms with Crippen molar-refractivity contribution in [1.82, 2.24) is 14.4 Å². The first-order valence-electron chi connectivity index (χ1n) is 12.4. The van der Waals surface area contributed by atoms with E-state index in [0.717, 1.165) is 50.4 Å². The van der Waals surface area contributed by atoms with Crippen molar-refractivity contribution in [3.05, 3.63) is 100 Å². The molecule has 4 aromatic rings. The van der Waals surface area contributed by atoms with Gasteiger partial charge in [-0.25, -0.2) is 0 Å². The largest absolute Gasteiger partial charge is 0.496 e. The maximum absolute atomic E-state index is 13.6. The Morgan fingerprint density at radius 2 is 1.50 bits per heavy atom. The minimum atomic E-state index is -0.150. The van der Waals surface area contributed by atoms with Gasteiger partial charge in [-0.15, -0.1) is 0 Å². The molecule has 1 aromatic heterocycles. The van der Waals surface area contributed by atoms with Crippen molar-refractivity contribution < 1.29 is 4.74 Å². The first kappa shape index (κ1) is 23.8. The van der Waals surface area contributed by atoms with Gasteiger partial charge in [0.25, 0.3) is 5.56 Å². The highest BCUT2D eigenvalue weighted by molar-refractivity contribution is 6.02. The molecule has 1 fully saturated rings. The summed E-state index contributed by atoms with van der Waals surface area (Å²) in [6.45, 7) is 6.00.